The lowest BCUT2D eigenvalue weighted by Crippen LogP contribution is -2.33. The van der Waals surface area contributed by atoms with Crippen LogP contribution in [0.2, 0.25) is 5.02 Å². The molecule has 0 saturated carbocycles. The van der Waals surface area contributed by atoms with Crippen LogP contribution in [0, 0.1) is 15.5 Å². The predicted octanol–water partition coefficient (Wildman–Crippen LogP) is 3.86. The van der Waals surface area contributed by atoms with Gasteiger partial charge in [0.1, 0.15) is 17.4 Å². The van der Waals surface area contributed by atoms with E-state index in [1.54, 1.807) is 32.0 Å². The summed E-state index contributed by atoms with van der Waals surface area (Å²) in [6, 6.07) is 8.61. The molecular weight excluding hydrogens is 374 g/mol. The molecule has 1 aliphatic heterocycles. The van der Waals surface area contributed by atoms with E-state index in [0.717, 1.165) is 6.07 Å². The van der Waals surface area contributed by atoms with Gasteiger partial charge in [0.25, 0.3) is 11.6 Å². The molecule has 2 aromatic rings. The van der Waals surface area contributed by atoms with Gasteiger partial charge in [-0.1, -0.05) is 11.6 Å². The van der Waals surface area contributed by atoms with Crippen molar-refractivity contribution in [3.63, 3.8) is 0 Å². The van der Waals surface area contributed by atoms with Crippen molar-refractivity contribution in [2.45, 2.75) is 13.8 Å². The molecule has 1 heterocycles. The van der Waals surface area contributed by atoms with Crippen molar-refractivity contribution in [1.29, 1.82) is 0 Å². The average molecular weight is 390 g/mol. The molecule has 2 aromatic carbocycles. The van der Waals surface area contributed by atoms with Crippen LogP contribution in [0.3, 0.4) is 0 Å². The fourth-order valence-electron chi connectivity index (χ4n) is 2.44. The molecule has 1 aliphatic rings. The lowest BCUT2D eigenvalue weighted by molar-refractivity contribution is -0.384. The van der Waals surface area contributed by atoms with Gasteiger partial charge in [0.05, 0.1) is 16.0 Å². The van der Waals surface area contributed by atoms with Crippen molar-refractivity contribution in [2.75, 3.05) is 17.2 Å². The van der Waals surface area contributed by atoms with Crippen molar-refractivity contribution < 1.29 is 19.2 Å². The first-order valence-electron chi connectivity index (χ1n) is 8.01. The highest BCUT2D eigenvalue weighted by molar-refractivity contribution is 6.32. The summed E-state index contributed by atoms with van der Waals surface area (Å²) < 4.78 is 5.69. The van der Waals surface area contributed by atoms with Crippen LogP contribution < -0.4 is 15.4 Å². The van der Waals surface area contributed by atoms with Crippen LogP contribution in [0.1, 0.15) is 24.2 Å². The average Bonchev–Trinajstić information content (AvgIpc) is 2.71. The minimum absolute atomic E-state index is 0.0478. The van der Waals surface area contributed by atoms with Crippen LogP contribution in [-0.2, 0) is 4.79 Å². The third-order valence-corrected chi connectivity index (χ3v) is 4.42. The molecule has 140 valence electrons. The van der Waals surface area contributed by atoms with Gasteiger partial charge in [-0.3, -0.25) is 19.7 Å². The SMILES string of the molecule is CC1(C)COc2cc(NC(=O)c3ccc(Cl)c([N+](=O)[O-])c3)ccc2NC1=O. The normalized spacial score (nSPS) is 15.0. The van der Waals surface area contributed by atoms with Crippen LogP contribution in [0.25, 0.3) is 0 Å². The van der Waals surface area contributed by atoms with Crippen molar-refractivity contribution in [2.24, 2.45) is 5.41 Å². The van der Waals surface area contributed by atoms with E-state index in [4.69, 9.17) is 16.3 Å². The zero-order valence-corrected chi connectivity index (χ0v) is 15.3. The number of nitrogens with zero attached hydrogens (tertiary/aromatic N) is 1. The summed E-state index contributed by atoms with van der Waals surface area (Å²) >= 11 is 5.76. The summed E-state index contributed by atoms with van der Waals surface area (Å²) in [6.45, 7) is 3.72. The van der Waals surface area contributed by atoms with E-state index in [2.05, 4.69) is 10.6 Å². The highest BCUT2D eigenvalue weighted by Crippen LogP contribution is 2.34. The Labute approximate surface area is 159 Å². The number of nitro groups is 1. The van der Waals surface area contributed by atoms with Crippen LogP contribution in [0.5, 0.6) is 5.75 Å². The molecule has 0 unspecified atom stereocenters. The lowest BCUT2D eigenvalue weighted by Gasteiger charge is -2.18. The Morgan fingerprint density at radius 3 is 2.74 bits per heavy atom. The van der Waals surface area contributed by atoms with Crippen LogP contribution in [-0.4, -0.2) is 23.3 Å². The number of nitro benzene ring substituents is 1. The van der Waals surface area contributed by atoms with E-state index in [1.807, 2.05) is 0 Å². The molecule has 8 nitrogen and oxygen atoms in total. The smallest absolute Gasteiger partial charge is 0.288 e. The minimum atomic E-state index is -0.690. The molecule has 27 heavy (non-hydrogen) atoms. The predicted molar refractivity (Wildman–Crippen MR) is 100 cm³/mol. The van der Waals surface area contributed by atoms with Gasteiger partial charge in [0, 0.05) is 23.4 Å². The number of anilines is 2. The Hall–Kier alpha value is -3.13. The number of amides is 2. The standard InChI is InChI=1S/C18H16ClN3O5/c1-18(2)9-27-15-8-11(4-6-13(15)21-17(18)24)20-16(23)10-3-5-12(19)14(7-10)22(25)26/h3-8H,9H2,1-2H3,(H,20,23)(H,21,24). The number of benzene rings is 2. The Bertz CT molecular complexity index is 958. The van der Waals surface area contributed by atoms with Crippen molar-refractivity contribution in [3.8, 4) is 5.75 Å². The second kappa shape index (κ2) is 6.88. The zero-order chi connectivity index (χ0) is 19.8. The summed E-state index contributed by atoms with van der Waals surface area (Å²) in [5.41, 5.74) is -0.0167. The molecule has 0 fully saturated rings. The second-order valence-electron chi connectivity index (χ2n) is 6.72. The van der Waals surface area contributed by atoms with Crippen LogP contribution in [0.15, 0.2) is 36.4 Å². The number of carbonyl (C=O) groups excluding carboxylic acids is 2. The fourth-order valence-corrected chi connectivity index (χ4v) is 2.62. The van der Waals surface area contributed by atoms with E-state index in [9.17, 15) is 19.7 Å². The van der Waals surface area contributed by atoms with Crippen LogP contribution in [0.4, 0.5) is 17.1 Å². The van der Waals surface area contributed by atoms with E-state index in [1.165, 1.54) is 12.1 Å². The Kier molecular flexibility index (Phi) is 4.75. The van der Waals surface area contributed by atoms with E-state index in [-0.39, 0.29) is 28.8 Å². The second-order valence-corrected chi connectivity index (χ2v) is 7.12. The van der Waals surface area contributed by atoms with Gasteiger partial charge in [-0.15, -0.1) is 0 Å². The molecule has 2 amide bonds. The molecule has 0 spiro atoms. The molecule has 0 atom stereocenters. The molecule has 2 N–H and O–H groups in total. The Balaban J connectivity index is 1.82. The van der Waals surface area contributed by atoms with Crippen molar-refractivity contribution in [3.05, 3.63) is 57.1 Å². The topological polar surface area (TPSA) is 111 Å². The number of ether oxygens (including phenoxy) is 1. The number of hydrogen-bond donors (Lipinski definition) is 2. The molecular formula is C18H16ClN3O5. The maximum atomic E-state index is 12.4. The summed E-state index contributed by atoms with van der Waals surface area (Å²) in [7, 11) is 0. The van der Waals surface area contributed by atoms with Crippen molar-refractivity contribution in [1.82, 2.24) is 0 Å². The number of fused-ring (bicyclic) bond motifs is 1. The number of rotatable bonds is 3. The molecule has 0 saturated heterocycles. The molecule has 0 radical (unpaired) electrons. The molecule has 9 heteroatoms. The molecule has 3 rings (SSSR count). The Morgan fingerprint density at radius 1 is 1.30 bits per heavy atom. The maximum Gasteiger partial charge on any atom is 0.288 e. The quantitative estimate of drug-likeness (QED) is 0.611. The third-order valence-electron chi connectivity index (χ3n) is 4.10. The first kappa shape index (κ1) is 18.7. The summed E-state index contributed by atoms with van der Waals surface area (Å²) in [5, 5.41) is 16.4. The Morgan fingerprint density at radius 2 is 2.04 bits per heavy atom. The summed E-state index contributed by atoms with van der Waals surface area (Å²) in [5.74, 6) is -0.270. The number of hydrogen-bond acceptors (Lipinski definition) is 5. The van der Waals surface area contributed by atoms with Gasteiger partial charge in [-0.05, 0) is 38.1 Å². The molecule has 0 bridgehead atoms. The largest absolute Gasteiger partial charge is 0.490 e. The molecule has 0 aliphatic carbocycles. The minimum Gasteiger partial charge on any atom is -0.490 e. The number of carbonyl (C=O) groups is 2. The van der Waals surface area contributed by atoms with Gasteiger partial charge in [-0.25, -0.2) is 0 Å². The maximum absolute atomic E-state index is 12.4. The molecule has 0 aromatic heterocycles. The van der Waals surface area contributed by atoms with E-state index < -0.39 is 16.2 Å². The van der Waals surface area contributed by atoms with Gasteiger partial charge >= 0.3 is 0 Å². The van der Waals surface area contributed by atoms with Crippen molar-refractivity contribution >= 4 is 40.5 Å². The number of halogens is 1. The van der Waals surface area contributed by atoms with Crippen LogP contribution >= 0.6 is 11.6 Å². The lowest BCUT2D eigenvalue weighted by atomic mass is 9.94. The van der Waals surface area contributed by atoms with Gasteiger partial charge in [0.15, 0.2) is 0 Å². The van der Waals surface area contributed by atoms with E-state index in [0.29, 0.717) is 17.1 Å². The van der Waals surface area contributed by atoms with Gasteiger partial charge in [0.2, 0.25) is 5.91 Å². The first-order valence-corrected chi connectivity index (χ1v) is 8.39. The fraction of sp³-hybridized carbons (Fsp3) is 0.222. The third kappa shape index (κ3) is 3.85. The highest BCUT2D eigenvalue weighted by atomic mass is 35.5. The number of nitrogens with one attached hydrogen (secondary N) is 2. The monoisotopic (exact) mass is 389 g/mol. The first-order chi connectivity index (χ1) is 12.7. The van der Waals surface area contributed by atoms with E-state index >= 15 is 0 Å². The highest BCUT2D eigenvalue weighted by Gasteiger charge is 2.32. The van der Waals surface area contributed by atoms with Gasteiger partial charge < -0.3 is 15.4 Å². The van der Waals surface area contributed by atoms with Gasteiger partial charge in [-0.2, -0.15) is 0 Å². The summed E-state index contributed by atoms with van der Waals surface area (Å²) in [4.78, 5) is 34.9. The summed E-state index contributed by atoms with van der Waals surface area (Å²) in [6.07, 6.45) is 0. The zero-order valence-electron chi connectivity index (χ0n) is 14.5.